The van der Waals surface area contributed by atoms with E-state index in [-0.39, 0.29) is 41.8 Å². The fraction of sp³-hybridized carbons (Fsp3) is 0.462. The molecule has 2 aromatic rings. The Labute approximate surface area is 158 Å². The number of nitro groups is 1. The number of piperazine rings is 1. The second-order valence-electron chi connectivity index (χ2n) is 5.91. The van der Waals surface area contributed by atoms with Gasteiger partial charge in [-0.2, -0.15) is 9.40 Å². The van der Waals surface area contributed by atoms with Crippen molar-refractivity contribution >= 4 is 33.3 Å². The van der Waals surface area contributed by atoms with Crippen LogP contribution in [0.4, 0.5) is 5.82 Å². The van der Waals surface area contributed by atoms with Gasteiger partial charge in [0.05, 0.1) is 11.9 Å². The number of aromatic nitrogens is 4. The van der Waals surface area contributed by atoms with E-state index in [2.05, 4.69) is 15.3 Å². The molecule has 146 valence electrons. The molecule has 1 amide bonds. The van der Waals surface area contributed by atoms with E-state index in [1.807, 2.05) is 0 Å². The van der Waals surface area contributed by atoms with Gasteiger partial charge in [-0.25, -0.2) is 8.42 Å². The van der Waals surface area contributed by atoms with Crippen LogP contribution in [0.5, 0.6) is 0 Å². The number of nitrogens with one attached hydrogen (secondary N) is 1. The van der Waals surface area contributed by atoms with Crippen LogP contribution in [0.25, 0.3) is 0 Å². The van der Waals surface area contributed by atoms with Gasteiger partial charge in [-0.1, -0.05) is 16.7 Å². The van der Waals surface area contributed by atoms with Crippen molar-refractivity contribution < 1.29 is 18.1 Å². The van der Waals surface area contributed by atoms with Crippen molar-refractivity contribution in [2.24, 2.45) is 7.05 Å². The molecule has 1 aliphatic rings. The molecular formula is C13H16ClN7O5S. The second kappa shape index (κ2) is 6.90. The topological polar surface area (TPSA) is 147 Å². The van der Waals surface area contributed by atoms with Gasteiger partial charge in [0.15, 0.2) is 10.7 Å². The summed E-state index contributed by atoms with van der Waals surface area (Å²) in [5.74, 6) is -1.16. The van der Waals surface area contributed by atoms with Crippen LogP contribution in [0.1, 0.15) is 16.2 Å². The zero-order valence-corrected chi connectivity index (χ0v) is 16.0. The summed E-state index contributed by atoms with van der Waals surface area (Å²) in [6, 6.07) is 0. The van der Waals surface area contributed by atoms with Gasteiger partial charge in [0, 0.05) is 33.2 Å². The van der Waals surface area contributed by atoms with Crippen LogP contribution in [0.15, 0.2) is 11.1 Å². The van der Waals surface area contributed by atoms with Gasteiger partial charge in [-0.15, -0.1) is 5.10 Å². The lowest BCUT2D eigenvalue weighted by Crippen LogP contribution is -2.50. The van der Waals surface area contributed by atoms with E-state index in [1.165, 1.54) is 20.1 Å². The summed E-state index contributed by atoms with van der Waals surface area (Å²) in [5.41, 5.74) is 0.256. The number of carbonyl (C=O) groups excluding carboxylic acids is 1. The number of halogens is 1. The number of hydrogen-bond acceptors (Lipinski definition) is 7. The van der Waals surface area contributed by atoms with E-state index in [9.17, 15) is 23.3 Å². The zero-order chi connectivity index (χ0) is 19.9. The summed E-state index contributed by atoms with van der Waals surface area (Å²) in [6.07, 6.45) is 1.30. The van der Waals surface area contributed by atoms with Gasteiger partial charge in [0.2, 0.25) is 10.0 Å². The molecule has 0 bridgehead atoms. The lowest BCUT2D eigenvalue weighted by atomic mass is 10.3. The summed E-state index contributed by atoms with van der Waals surface area (Å²) in [4.78, 5) is 24.0. The highest BCUT2D eigenvalue weighted by atomic mass is 35.5. The van der Waals surface area contributed by atoms with Crippen molar-refractivity contribution in [1.82, 2.24) is 29.2 Å². The molecule has 0 spiro atoms. The number of aryl methyl sites for hydroxylation is 1. The van der Waals surface area contributed by atoms with E-state index in [4.69, 9.17) is 11.6 Å². The summed E-state index contributed by atoms with van der Waals surface area (Å²) in [7, 11) is -2.08. The van der Waals surface area contributed by atoms with Gasteiger partial charge in [0.25, 0.3) is 5.91 Å². The van der Waals surface area contributed by atoms with Crippen LogP contribution >= 0.6 is 11.6 Å². The fourth-order valence-corrected chi connectivity index (χ4v) is 4.58. The Morgan fingerprint density at radius 2 is 1.96 bits per heavy atom. The Bertz CT molecular complexity index is 1010. The predicted molar refractivity (Wildman–Crippen MR) is 92.9 cm³/mol. The van der Waals surface area contributed by atoms with Crippen molar-refractivity contribution in [3.05, 3.63) is 32.7 Å². The maximum Gasteiger partial charge on any atom is 0.362 e. The summed E-state index contributed by atoms with van der Waals surface area (Å²) in [5, 5.41) is 20.1. The normalized spacial score (nSPS) is 15.9. The molecule has 0 atom stereocenters. The number of amides is 1. The van der Waals surface area contributed by atoms with E-state index in [1.54, 1.807) is 14.0 Å². The number of hydrogen-bond donors (Lipinski definition) is 1. The minimum Gasteiger partial charge on any atom is -0.358 e. The highest BCUT2D eigenvalue weighted by Crippen LogP contribution is 2.26. The van der Waals surface area contributed by atoms with Gasteiger partial charge in [-0.3, -0.25) is 9.48 Å². The van der Waals surface area contributed by atoms with Crippen LogP contribution in [0.3, 0.4) is 0 Å². The van der Waals surface area contributed by atoms with E-state index in [0.29, 0.717) is 5.69 Å². The van der Waals surface area contributed by atoms with Gasteiger partial charge in [-0.05, 0) is 11.8 Å². The predicted octanol–water partition coefficient (Wildman–Crippen LogP) is 0.160. The summed E-state index contributed by atoms with van der Waals surface area (Å²) >= 11 is 5.84. The summed E-state index contributed by atoms with van der Waals surface area (Å²) < 4.78 is 28.3. The van der Waals surface area contributed by atoms with Crippen molar-refractivity contribution in [1.29, 1.82) is 0 Å². The van der Waals surface area contributed by atoms with Crippen molar-refractivity contribution in [2.75, 3.05) is 26.2 Å². The molecule has 1 aliphatic heterocycles. The molecule has 1 N–H and O–H groups in total. The first-order valence-electron chi connectivity index (χ1n) is 7.81. The molecule has 12 nitrogen and oxygen atoms in total. The zero-order valence-electron chi connectivity index (χ0n) is 14.4. The van der Waals surface area contributed by atoms with Crippen LogP contribution in [-0.2, 0) is 17.1 Å². The first-order chi connectivity index (χ1) is 12.6. The smallest absolute Gasteiger partial charge is 0.358 e. The molecule has 3 rings (SSSR count). The third kappa shape index (κ3) is 3.28. The Morgan fingerprint density at radius 3 is 2.44 bits per heavy atom. The fourth-order valence-electron chi connectivity index (χ4n) is 2.73. The third-order valence-electron chi connectivity index (χ3n) is 4.41. The molecule has 0 radical (unpaired) electrons. The molecule has 2 aromatic heterocycles. The molecule has 3 heterocycles. The average molecular weight is 418 g/mol. The van der Waals surface area contributed by atoms with Crippen LogP contribution in [0, 0.1) is 17.0 Å². The van der Waals surface area contributed by atoms with Crippen molar-refractivity contribution in [2.45, 2.75) is 11.8 Å². The molecular weight excluding hydrogens is 402 g/mol. The molecule has 1 fully saturated rings. The van der Waals surface area contributed by atoms with Crippen molar-refractivity contribution in [3.63, 3.8) is 0 Å². The SMILES string of the molecule is Cc1c(S(=O)(=O)N2CCN(C(=O)c3n[nH]c([N+](=O)[O-])c3Cl)CC2)cnn1C. The molecule has 14 heteroatoms. The van der Waals surface area contributed by atoms with E-state index < -0.39 is 26.7 Å². The lowest BCUT2D eigenvalue weighted by molar-refractivity contribution is -0.389. The Kier molecular flexibility index (Phi) is 4.92. The first-order valence-corrected chi connectivity index (χ1v) is 9.62. The van der Waals surface area contributed by atoms with Gasteiger partial charge in [0.1, 0.15) is 4.90 Å². The molecule has 1 saturated heterocycles. The molecule has 0 aromatic carbocycles. The Morgan fingerprint density at radius 1 is 1.33 bits per heavy atom. The number of nitrogens with zero attached hydrogens (tertiary/aromatic N) is 6. The van der Waals surface area contributed by atoms with Crippen LogP contribution in [-0.4, -0.2) is 74.6 Å². The van der Waals surface area contributed by atoms with E-state index in [0.717, 1.165) is 0 Å². The number of rotatable bonds is 4. The van der Waals surface area contributed by atoms with Gasteiger partial charge >= 0.3 is 5.82 Å². The minimum absolute atomic E-state index is 0.0759. The monoisotopic (exact) mass is 417 g/mol. The van der Waals surface area contributed by atoms with Crippen LogP contribution in [0.2, 0.25) is 5.02 Å². The lowest BCUT2D eigenvalue weighted by Gasteiger charge is -2.33. The molecule has 0 saturated carbocycles. The van der Waals surface area contributed by atoms with Crippen LogP contribution < -0.4 is 0 Å². The Hall–Kier alpha value is -2.51. The third-order valence-corrected chi connectivity index (χ3v) is 6.77. The first kappa shape index (κ1) is 19.3. The maximum atomic E-state index is 12.8. The van der Waals surface area contributed by atoms with E-state index >= 15 is 0 Å². The highest BCUT2D eigenvalue weighted by molar-refractivity contribution is 7.89. The van der Waals surface area contributed by atoms with Crippen molar-refractivity contribution in [3.8, 4) is 0 Å². The largest absolute Gasteiger partial charge is 0.362 e. The molecule has 0 unspecified atom stereocenters. The van der Waals surface area contributed by atoms with Gasteiger partial charge < -0.3 is 15.0 Å². The number of aromatic amines is 1. The maximum absolute atomic E-state index is 12.8. The number of carbonyl (C=O) groups is 1. The average Bonchev–Trinajstić information content (AvgIpc) is 3.18. The quantitative estimate of drug-likeness (QED) is 0.550. The number of sulfonamides is 1. The second-order valence-corrected chi connectivity index (χ2v) is 8.19. The standard InChI is InChI=1S/C13H16ClN7O5S/c1-8-9(7-15-18(8)2)27(25,26)20-5-3-19(4-6-20)13(22)11-10(14)12(17-16-11)21(23)24/h7H,3-6H2,1-2H3,(H,16,17). The Balaban J connectivity index is 1.73. The molecule has 0 aliphatic carbocycles. The molecule has 27 heavy (non-hydrogen) atoms. The highest BCUT2D eigenvalue weighted by Gasteiger charge is 2.35. The minimum atomic E-state index is -3.73. The number of H-pyrrole nitrogens is 1. The summed E-state index contributed by atoms with van der Waals surface area (Å²) in [6.45, 7) is 2.02.